The Balaban J connectivity index is 2.95. The van der Waals surface area contributed by atoms with Gasteiger partial charge in [-0.3, -0.25) is 19.2 Å². The van der Waals surface area contributed by atoms with E-state index >= 15 is 0 Å². The Labute approximate surface area is 177 Å². The van der Waals surface area contributed by atoms with Crippen LogP contribution in [0.4, 0.5) is 0 Å². The minimum absolute atomic E-state index is 0.0981. The number of rotatable bonds is 13. The molecule has 0 aliphatic rings. The molecule has 0 bridgehead atoms. The number of amides is 4. The van der Waals surface area contributed by atoms with E-state index in [1.807, 2.05) is 0 Å². The molecule has 1 aromatic heterocycles. The summed E-state index contributed by atoms with van der Waals surface area (Å²) in [6, 6.07) is -5.04. The second-order valence-electron chi connectivity index (χ2n) is 6.78. The van der Waals surface area contributed by atoms with E-state index in [0.29, 0.717) is 5.69 Å². The third kappa shape index (κ3) is 8.79. The Morgan fingerprint density at radius 1 is 1.06 bits per heavy atom. The number of carbonyl (C=O) groups excluding carboxylic acids is 4. The van der Waals surface area contributed by atoms with Gasteiger partial charge in [-0.25, -0.2) is 9.78 Å². The van der Waals surface area contributed by atoms with Gasteiger partial charge in [0.05, 0.1) is 19.0 Å². The van der Waals surface area contributed by atoms with Crippen LogP contribution in [0.5, 0.6) is 0 Å². The smallest absolute Gasteiger partial charge is 0.326 e. The maximum atomic E-state index is 12.7. The first-order chi connectivity index (χ1) is 14.5. The van der Waals surface area contributed by atoms with Crippen LogP contribution in [-0.2, 0) is 30.4 Å². The number of carbonyl (C=O) groups is 5. The zero-order valence-electron chi connectivity index (χ0n) is 16.8. The molecular weight excluding hydrogens is 414 g/mol. The van der Waals surface area contributed by atoms with Gasteiger partial charge in [0.25, 0.3) is 0 Å². The number of hydrogen-bond donors (Lipinski definition) is 8. The lowest BCUT2D eigenvalue weighted by molar-refractivity contribution is -0.142. The number of aromatic nitrogens is 2. The Morgan fingerprint density at radius 2 is 1.65 bits per heavy atom. The van der Waals surface area contributed by atoms with Crippen molar-refractivity contribution in [3.05, 3.63) is 18.2 Å². The number of aliphatic carboxylic acids is 1. The van der Waals surface area contributed by atoms with Gasteiger partial charge in [0.15, 0.2) is 0 Å². The summed E-state index contributed by atoms with van der Waals surface area (Å²) >= 11 is 0. The van der Waals surface area contributed by atoms with E-state index in [1.54, 1.807) is 0 Å². The van der Waals surface area contributed by atoms with Crippen LogP contribution in [-0.4, -0.2) is 80.6 Å². The molecule has 0 spiro atoms. The molecule has 0 aliphatic heterocycles. The van der Waals surface area contributed by atoms with Crippen molar-refractivity contribution in [3.63, 3.8) is 0 Å². The Kier molecular flexibility index (Phi) is 10.1. The first-order valence-electron chi connectivity index (χ1n) is 9.31. The number of imidazole rings is 1. The highest BCUT2D eigenvalue weighted by Crippen LogP contribution is 2.03. The molecule has 0 fully saturated rings. The van der Waals surface area contributed by atoms with Crippen molar-refractivity contribution in [2.45, 2.75) is 50.4 Å². The number of primary amides is 1. The van der Waals surface area contributed by atoms with Gasteiger partial charge in [-0.2, -0.15) is 0 Å². The fraction of sp³-hybridized carbons (Fsp3) is 0.529. The van der Waals surface area contributed by atoms with E-state index in [2.05, 4.69) is 25.9 Å². The molecule has 0 aromatic carbocycles. The molecule has 172 valence electrons. The molecule has 14 heteroatoms. The largest absolute Gasteiger partial charge is 0.480 e. The van der Waals surface area contributed by atoms with E-state index in [4.69, 9.17) is 11.5 Å². The van der Waals surface area contributed by atoms with Crippen molar-refractivity contribution in [1.29, 1.82) is 0 Å². The molecule has 0 radical (unpaired) electrons. The first-order valence-corrected chi connectivity index (χ1v) is 9.31. The third-order valence-corrected chi connectivity index (χ3v) is 4.13. The van der Waals surface area contributed by atoms with Crippen molar-refractivity contribution < 1.29 is 34.2 Å². The molecule has 4 amide bonds. The number of H-pyrrole nitrogens is 1. The molecule has 1 aromatic rings. The van der Waals surface area contributed by atoms with Crippen LogP contribution in [0.15, 0.2) is 12.5 Å². The van der Waals surface area contributed by atoms with Gasteiger partial charge in [0.2, 0.25) is 23.6 Å². The number of nitrogens with zero attached hydrogens (tertiary/aromatic N) is 1. The first kappa shape index (κ1) is 25.5. The van der Waals surface area contributed by atoms with Crippen LogP contribution < -0.4 is 27.4 Å². The van der Waals surface area contributed by atoms with Crippen LogP contribution in [0.3, 0.4) is 0 Å². The zero-order valence-corrected chi connectivity index (χ0v) is 16.8. The van der Waals surface area contributed by atoms with Crippen LogP contribution in [0, 0.1) is 0 Å². The lowest BCUT2D eigenvalue weighted by Crippen LogP contribution is -2.58. The molecule has 1 heterocycles. The van der Waals surface area contributed by atoms with Crippen molar-refractivity contribution in [3.8, 4) is 0 Å². The molecule has 0 saturated heterocycles. The summed E-state index contributed by atoms with van der Waals surface area (Å²) < 4.78 is 0. The summed E-state index contributed by atoms with van der Waals surface area (Å²) in [7, 11) is 0. The molecule has 10 N–H and O–H groups in total. The fourth-order valence-electron chi connectivity index (χ4n) is 2.41. The van der Waals surface area contributed by atoms with Gasteiger partial charge in [0.1, 0.15) is 18.1 Å². The maximum Gasteiger partial charge on any atom is 0.326 e. The predicted octanol–water partition coefficient (Wildman–Crippen LogP) is -3.90. The molecule has 4 unspecified atom stereocenters. The number of aliphatic hydroxyl groups excluding tert-OH is 1. The van der Waals surface area contributed by atoms with E-state index in [0.717, 1.165) is 0 Å². The molecule has 14 nitrogen and oxygen atoms in total. The van der Waals surface area contributed by atoms with E-state index < -0.39 is 60.4 Å². The number of carboxylic acids is 1. The molecule has 4 atom stereocenters. The van der Waals surface area contributed by atoms with Crippen molar-refractivity contribution in [2.24, 2.45) is 11.5 Å². The zero-order chi connectivity index (χ0) is 23.6. The van der Waals surface area contributed by atoms with Gasteiger partial charge in [-0.15, -0.1) is 0 Å². The van der Waals surface area contributed by atoms with Crippen molar-refractivity contribution in [1.82, 2.24) is 25.9 Å². The van der Waals surface area contributed by atoms with E-state index in [9.17, 15) is 34.2 Å². The lowest BCUT2D eigenvalue weighted by atomic mass is 10.1. The summed E-state index contributed by atoms with van der Waals surface area (Å²) in [6.45, 7) is 0.618. The SMILES string of the molecule is CC(N)C(=O)NC(CO)C(=O)NC(Cc1cnc[nH]1)C(=O)NC(CCC(N)=O)C(=O)O. The Hall–Kier alpha value is -3.52. The number of carboxylic acid groups (broad SMARTS) is 1. The predicted molar refractivity (Wildman–Crippen MR) is 105 cm³/mol. The van der Waals surface area contributed by atoms with Crippen LogP contribution >= 0.6 is 0 Å². The average Bonchev–Trinajstić information content (AvgIpc) is 3.20. The van der Waals surface area contributed by atoms with E-state index in [-0.39, 0.29) is 19.3 Å². The highest BCUT2D eigenvalue weighted by Gasteiger charge is 2.30. The van der Waals surface area contributed by atoms with Gasteiger partial charge >= 0.3 is 5.97 Å². The molecule has 0 aliphatic carbocycles. The van der Waals surface area contributed by atoms with Crippen LogP contribution in [0.25, 0.3) is 0 Å². The summed E-state index contributed by atoms with van der Waals surface area (Å²) in [6.07, 6.45) is 2.13. The lowest BCUT2D eigenvalue weighted by Gasteiger charge is -2.24. The minimum Gasteiger partial charge on any atom is -0.480 e. The standard InChI is InChI=1S/C17H27N7O7/c1-8(18)14(27)24-12(6-25)16(29)23-11(4-9-5-20-7-21-9)15(28)22-10(17(30)31)2-3-13(19)26/h5,7-8,10-12,25H,2-4,6,18H2,1H3,(H2,19,26)(H,20,21)(H,22,28)(H,23,29)(H,24,27)(H,30,31). The number of aliphatic hydroxyl groups is 1. The third-order valence-electron chi connectivity index (χ3n) is 4.13. The Bertz CT molecular complexity index is 782. The number of aromatic amines is 1. The minimum atomic E-state index is -1.42. The highest BCUT2D eigenvalue weighted by molar-refractivity contribution is 5.94. The summed E-state index contributed by atoms with van der Waals surface area (Å²) in [5.41, 5.74) is 10.9. The topological polar surface area (TPSA) is 243 Å². The van der Waals surface area contributed by atoms with Crippen LogP contribution in [0.1, 0.15) is 25.5 Å². The quantitative estimate of drug-likeness (QED) is 0.149. The normalized spacial score (nSPS) is 14.5. The maximum absolute atomic E-state index is 12.7. The van der Waals surface area contributed by atoms with Gasteiger partial charge in [-0.05, 0) is 13.3 Å². The highest BCUT2D eigenvalue weighted by atomic mass is 16.4. The number of nitrogens with two attached hydrogens (primary N) is 2. The summed E-state index contributed by atoms with van der Waals surface area (Å²) in [5.74, 6) is -4.58. The second kappa shape index (κ2) is 12.2. The number of hydrogen-bond acceptors (Lipinski definition) is 8. The van der Waals surface area contributed by atoms with Gasteiger partial charge in [0, 0.05) is 24.7 Å². The van der Waals surface area contributed by atoms with Gasteiger partial charge < -0.3 is 42.6 Å². The second-order valence-corrected chi connectivity index (χ2v) is 6.78. The van der Waals surface area contributed by atoms with Crippen molar-refractivity contribution >= 4 is 29.6 Å². The molecule has 31 heavy (non-hydrogen) atoms. The van der Waals surface area contributed by atoms with Gasteiger partial charge in [-0.1, -0.05) is 0 Å². The molecular formula is C17H27N7O7. The summed E-state index contributed by atoms with van der Waals surface area (Å²) in [4.78, 5) is 65.8. The van der Waals surface area contributed by atoms with Crippen molar-refractivity contribution in [2.75, 3.05) is 6.61 Å². The molecule has 0 saturated carbocycles. The number of nitrogens with one attached hydrogen (secondary N) is 4. The van der Waals surface area contributed by atoms with E-state index in [1.165, 1.54) is 19.4 Å². The average molecular weight is 441 g/mol. The monoisotopic (exact) mass is 441 g/mol. The van der Waals surface area contributed by atoms with Crippen LogP contribution in [0.2, 0.25) is 0 Å². The fourth-order valence-corrected chi connectivity index (χ4v) is 2.41. The Morgan fingerprint density at radius 3 is 2.13 bits per heavy atom. The summed E-state index contributed by atoms with van der Waals surface area (Å²) in [5, 5.41) is 25.5. The molecule has 1 rings (SSSR count).